The van der Waals surface area contributed by atoms with Crippen LogP contribution in [0.25, 0.3) is 0 Å². The third-order valence-corrected chi connectivity index (χ3v) is 3.57. The molecule has 1 aliphatic heterocycles. The lowest BCUT2D eigenvalue weighted by atomic mass is 10.1. The number of benzene rings is 1. The highest BCUT2D eigenvalue weighted by molar-refractivity contribution is 5.91. The van der Waals surface area contributed by atoms with Crippen LogP contribution in [0.15, 0.2) is 66.6 Å². The quantitative estimate of drug-likeness (QED) is 0.889. The van der Waals surface area contributed by atoms with Crippen LogP contribution in [0.5, 0.6) is 0 Å². The number of aromatic nitrogens is 1. The second kappa shape index (κ2) is 6.89. The molecule has 0 aliphatic carbocycles. The fraction of sp³-hybridized carbons (Fsp3) is 0.222. The van der Waals surface area contributed by atoms with E-state index in [1.54, 1.807) is 12.3 Å². The van der Waals surface area contributed by atoms with Crippen LogP contribution in [0.3, 0.4) is 0 Å². The molecule has 1 atom stereocenters. The van der Waals surface area contributed by atoms with Crippen molar-refractivity contribution in [3.63, 3.8) is 0 Å². The minimum Gasteiger partial charge on any atom is -0.495 e. The Morgan fingerprint density at radius 1 is 1.09 bits per heavy atom. The summed E-state index contributed by atoms with van der Waals surface area (Å²) in [7, 11) is 0. The second-order valence-corrected chi connectivity index (χ2v) is 5.22. The molecule has 22 heavy (non-hydrogen) atoms. The van der Waals surface area contributed by atoms with Gasteiger partial charge >= 0.3 is 0 Å². The SMILES string of the molecule is O=C1C=C(OCCc2ccccn2)[C@H](Cc2ccccc2)N1. The van der Waals surface area contributed by atoms with E-state index in [4.69, 9.17) is 4.74 Å². The fourth-order valence-electron chi connectivity index (χ4n) is 2.48. The van der Waals surface area contributed by atoms with Gasteiger partial charge in [0.15, 0.2) is 0 Å². The van der Waals surface area contributed by atoms with E-state index >= 15 is 0 Å². The number of carbonyl (C=O) groups excluding carboxylic acids is 1. The van der Waals surface area contributed by atoms with Crippen molar-refractivity contribution in [2.45, 2.75) is 18.9 Å². The van der Waals surface area contributed by atoms with Crippen molar-refractivity contribution in [2.24, 2.45) is 0 Å². The Kier molecular flexibility index (Phi) is 4.49. The predicted molar refractivity (Wildman–Crippen MR) is 84.1 cm³/mol. The molecule has 0 saturated heterocycles. The van der Waals surface area contributed by atoms with Crippen molar-refractivity contribution < 1.29 is 9.53 Å². The standard InChI is InChI=1S/C18H18N2O2/c21-18-13-17(22-11-9-15-8-4-5-10-19-15)16(20-18)12-14-6-2-1-3-7-14/h1-8,10,13,16H,9,11-12H2,(H,20,21)/t16-/m0/s1. The second-order valence-electron chi connectivity index (χ2n) is 5.22. The van der Waals surface area contributed by atoms with Crippen LogP contribution in [0.2, 0.25) is 0 Å². The molecule has 4 heteroatoms. The lowest BCUT2D eigenvalue weighted by molar-refractivity contribution is -0.116. The van der Waals surface area contributed by atoms with E-state index in [0.717, 1.165) is 18.5 Å². The maximum absolute atomic E-state index is 11.6. The van der Waals surface area contributed by atoms with Crippen LogP contribution in [0.1, 0.15) is 11.3 Å². The Labute approximate surface area is 129 Å². The van der Waals surface area contributed by atoms with Crippen LogP contribution in [0, 0.1) is 0 Å². The van der Waals surface area contributed by atoms with Crippen molar-refractivity contribution in [1.29, 1.82) is 0 Å². The first-order valence-electron chi connectivity index (χ1n) is 7.40. The number of hydrogen-bond donors (Lipinski definition) is 1. The molecule has 1 aliphatic rings. The molecule has 1 amide bonds. The van der Waals surface area contributed by atoms with Gasteiger partial charge < -0.3 is 10.1 Å². The topological polar surface area (TPSA) is 51.2 Å². The maximum atomic E-state index is 11.6. The van der Waals surface area contributed by atoms with E-state index in [-0.39, 0.29) is 11.9 Å². The maximum Gasteiger partial charge on any atom is 0.248 e. The summed E-state index contributed by atoms with van der Waals surface area (Å²) in [6, 6.07) is 15.8. The van der Waals surface area contributed by atoms with Crippen molar-refractivity contribution in [3.8, 4) is 0 Å². The van der Waals surface area contributed by atoms with Crippen molar-refractivity contribution >= 4 is 5.91 Å². The summed E-state index contributed by atoms with van der Waals surface area (Å²) >= 11 is 0. The van der Waals surface area contributed by atoms with Gasteiger partial charge in [0.05, 0.1) is 12.6 Å². The van der Waals surface area contributed by atoms with E-state index in [2.05, 4.69) is 22.4 Å². The van der Waals surface area contributed by atoms with E-state index < -0.39 is 0 Å². The average molecular weight is 294 g/mol. The predicted octanol–water partition coefficient (Wildman–Crippen LogP) is 2.27. The van der Waals surface area contributed by atoms with Gasteiger partial charge in [0.25, 0.3) is 0 Å². The largest absolute Gasteiger partial charge is 0.495 e. The Bertz CT molecular complexity index is 653. The van der Waals surface area contributed by atoms with Crippen molar-refractivity contribution in [3.05, 3.63) is 77.8 Å². The molecule has 0 spiro atoms. The Balaban J connectivity index is 1.56. The number of pyridine rings is 1. The lowest BCUT2D eigenvalue weighted by Gasteiger charge is -2.16. The molecular formula is C18H18N2O2. The number of amides is 1. The highest BCUT2D eigenvalue weighted by Crippen LogP contribution is 2.16. The molecule has 112 valence electrons. The molecule has 2 heterocycles. The zero-order valence-electron chi connectivity index (χ0n) is 12.2. The van der Waals surface area contributed by atoms with Gasteiger partial charge in [-0.1, -0.05) is 36.4 Å². The third kappa shape index (κ3) is 3.73. The molecule has 3 rings (SSSR count). The first-order valence-corrected chi connectivity index (χ1v) is 7.40. The Hall–Kier alpha value is -2.62. The number of hydrogen-bond acceptors (Lipinski definition) is 3. The monoisotopic (exact) mass is 294 g/mol. The molecule has 4 nitrogen and oxygen atoms in total. The summed E-state index contributed by atoms with van der Waals surface area (Å²) in [5.74, 6) is 0.624. The zero-order chi connectivity index (χ0) is 15.2. The van der Waals surface area contributed by atoms with Crippen LogP contribution in [0.4, 0.5) is 0 Å². The van der Waals surface area contributed by atoms with Crippen LogP contribution in [-0.4, -0.2) is 23.5 Å². The summed E-state index contributed by atoms with van der Waals surface area (Å²) in [6.45, 7) is 0.517. The first-order chi connectivity index (χ1) is 10.8. The van der Waals surface area contributed by atoms with Gasteiger partial charge in [0, 0.05) is 24.4 Å². The molecule has 1 aromatic heterocycles. The number of rotatable bonds is 6. The average Bonchev–Trinajstić information content (AvgIpc) is 2.89. The van der Waals surface area contributed by atoms with Crippen molar-refractivity contribution in [2.75, 3.05) is 6.61 Å². The van der Waals surface area contributed by atoms with Crippen LogP contribution < -0.4 is 5.32 Å². The van der Waals surface area contributed by atoms with Gasteiger partial charge in [-0.15, -0.1) is 0 Å². The number of ether oxygens (including phenoxy) is 1. The smallest absolute Gasteiger partial charge is 0.248 e. The highest BCUT2D eigenvalue weighted by Gasteiger charge is 2.25. The minimum atomic E-state index is -0.0891. The summed E-state index contributed by atoms with van der Waals surface area (Å²) in [5, 5.41) is 2.93. The van der Waals surface area contributed by atoms with Gasteiger partial charge in [-0.05, 0) is 24.1 Å². The summed E-state index contributed by atoms with van der Waals surface area (Å²) in [6.07, 6.45) is 4.78. The molecule has 0 radical (unpaired) electrons. The van der Waals surface area contributed by atoms with Crippen LogP contribution in [-0.2, 0) is 22.4 Å². The normalized spacial score (nSPS) is 17.0. The van der Waals surface area contributed by atoms with E-state index in [0.29, 0.717) is 12.4 Å². The molecule has 0 bridgehead atoms. The lowest BCUT2D eigenvalue weighted by Crippen LogP contribution is -2.31. The van der Waals surface area contributed by atoms with Gasteiger partial charge in [0.2, 0.25) is 5.91 Å². The van der Waals surface area contributed by atoms with Crippen molar-refractivity contribution in [1.82, 2.24) is 10.3 Å². The first kappa shape index (κ1) is 14.3. The molecule has 1 aromatic carbocycles. The molecule has 1 N–H and O–H groups in total. The number of nitrogens with zero attached hydrogens (tertiary/aromatic N) is 1. The fourth-order valence-corrected chi connectivity index (χ4v) is 2.48. The number of nitrogens with one attached hydrogen (secondary N) is 1. The molecule has 0 fully saturated rings. The third-order valence-electron chi connectivity index (χ3n) is 3.57. The summed E-state index contributed by atoms with van der Waals surface area (Å²) < 4.78 is 5.80. The Morgan fingerprint density at radius 3 is 2.68 bits per heavy atom. The zero-order valence-corrected chi connectivity index (χ0v) is 12.2. The van der Waals surface area contributed by atoms with Gasteiger partial charge in [0.1, 0.15) is 5.76 Å². The van der Waals surface area contributed by atoms with Crippen LogP contribution >= 0.6 is 0 Å². The molecule has 0 saturated carbocycles. The highest BCUT2D eigenvalue weighted by atomic mass is 16.5. The van der Waals surface area contributed by atoms with Gasteiger partial charge in [-0.3, -0.25) is 9.78 Å². The van der Waals surface area contributed by atoms with E-state index in [9.17, 15) is 4.79 Å². The Morgan fingerprint density at radius 2 is 1.91 bits per heavy atom. The molecular weight excluding hydrogens is 276 g/mol. The molecule has 0 unspecified atom stereocenters. The van der Waals surface area contributed by atoms with E-state index in [1.165, 1.54) is 5.56 Å². The number of carbonyl (C=O) groups is 1. The minimum absolute atomic E-state index is 0.0846. The molecule has 2 aromatic rings. The van der Waals surface area contributed by atoms with Gasteiger partial charge in [-0.2, -0.15) is 0 Å². The summed E-state index contributed by atoms with van der Waals surface area (Å²) in [4.78, 5) is 15.9. The van der Waals surface area contributed by atoms with Gasteiger partial charge in [-0.25, -0.2) is 0 Å². The summed E-state index contributed by atoms with van der Waals surface area (Å²) in [5.41, 5.74) is 2.16. The van der Waals surface area contributed by atoms with E-state index in [1.807, 2.05) is 36.4 Å².